The highest BCUT2D eigenvalue weighted by Crippen LogP contribution is 2.21. The van der Waals surface area contributed by atoms with Crippen LogP contribution in [-0.4, -0.2) is 56.5 Å². The molecule has 0 radical (unpaired) electrons. The van der Waals surface area contributed by atoms with Gasteiger partial charge in [-0.25, -0.2) is 9.97 Å². The molecular formula is C24H22N6O3. The number of rotatable bonds is 6. The lowest BCUT2D eigenvalue weighted by Gasteiger charge is -2.32. The molecule has 0 spiro atoms. The molecule has 0 saturated carbocycles. The zero-order valence-electron chi connectivity index (χ0n) is 17.8. The van der Waals surface area contributed by atoms with Crippen LogP contribution in [0.25, 0.3) is 11.0 Å². The average Bonchev–Trinajstić information content (AvgIpc) is 2.85. The van der Waals surface area contributed by atoms with Crippen molar-refractivity contribution in [3.05, 3.63) is 78.9 Å². The molecule has 9 nitrogen and oxygen atoms in total. The molecule has 1 aliphatic heterocycles. The van der Waals surface area contributed by atoms with Gasteiger partial charge in [0.1, 0.15) is 11.9 Å². The van der Waals surface area contributed by atoms with Crippen LogP contribution in [0.5, 0.6) is 11.8 Å². The molecule has 5 rings (SSSR count). The van der Waals surface area contributed by atoms with Gasteiger partial charge < -0.3 is 14.8 Å². The molecule has 1 atom stereocenters. The summed E-state index contributed by atoms with van der Waals surface area (Å²) in [6, 6.07) is 15.3. The predicted molar refractivity (Wildman–Crippen MR) is 122 cm³/mol. The molecule has 0 aliphatic carbocycles. The van der Waals surface area contributed by atoms with Crippen molar-refractivity contribution in [2.45, 2.75) is 12.6 Å². The third-order valence-corrected chi connectivity index (χ3v) is 5.24. The molecule has 1 unspecified atom stereocenters. The van der Waals surface area contributed by atoms with Crippen LogP contribution in [0.15, 0.2) is 73.3 Å². The van der Waals surface area contributed by atoms with Gasteiger partial charge in [0.2, 0.25) is 0 Å². The van der Waals surface area contributed by atoms with Crippen molar-refractivity contribution in [2.24, 2.45) is 0 Å². The van der Waals surface area contributed by atoms with Crippen LogP contribution in [0.3, 0.4) is 0 Å². The summed E-state index contributed by atoms with van der Waals surface area (Å²) in [5.41, 5.74) is 3.24. The largest absolute Gasteiger partial charge is 0.424 e. The van der Waals surface area contributed by atoms with Gasteiger partial charge in [-0.3, -0.25) is 19.7 Å². The molecule has 3 heterocycles. The first-order valence-electron chi connectivity index (χ1n) is 10.6. The Morgan fingerprint density at radius 1 is 1.00 bits per heavy atom. The lowest BCUT2D eigenvalue weighted by Crippen LogP contribution is -2.47. The average molecular weight is 442 g/mol. The first kappa shape index (κ1) is 20.9. The summed E-state index contributed by atoms with van der Waals surface area (Å²) in [5, 5.41) is 2.93. The number of carbonyl (C=O) groups excluding carboxylic acids is 1. The Hall–Kier alpha value is -3.95. The highest BCUT2D eigenvalue weighted by atomic mass is 16.5. The van der Waals surface area contributed by atoms with Gasteiger partial charge in [-0.2, -0.15) is 0 Å². The Labute approximate surface area is 190 Å². The van der Waals surface area contributed by atoms with E-state index in [0.717, 1.165) is 23.1 Å². The number of carbonyl (C=O) groups is 1. The Bertz CT molecular complexity index is 1250. The molecular weight excluding hydrogens is 420 g/mol. The lowest BCUT2D eigenvalue weighted by atomic mass is 10.1. The monoisotopic (exact) mass is 442 g/mol. The van der Waals surface area contributed by atoms with Crippen LogP contribution in [-0.2, 0) is 16.1 Å². The smallest absolute Gasteiger partial charge is 0.321 e. The number of fused-ring (bicyclic) bond motifs is 1. The summed E-state index contributed by atoms with van der Waals surface area (Å²) < 4.78 is 11.5. The highest BCUT2D eigenvalue weighted by molar-refractivity contribution is 5.96. The van der Waals surface area contributed by atoms with Crippen molar-refractivity contribution >= 4 is 22.6 Å². The fourth-order valence-corrected chi connectivity index (χ4v) is 3.68. The van der Waals surface area contributed by atoms with E-state index in [-0.39, 0.29) is 5.91 Å². The minimum absolute atomic E-state index is 0.179. The number of aromatic nitrogens is 4. The van der Waals surface area contributed by atoms with Gasteiger partial charge >= 0.3 is 6.01 Å². The summed E-state index contributed by atoms with van der Waals surface area (Å²) >= 11 is 0. The molecule has 1 aliphatic rings. The van der Waals surface area contributed by atoms with Gasteiger partial charge in [0, 0.05) is 50.1 Å². The number of ether oxygens (including phenoxy) is 2. The molecule has 1 N–H and O–H groups in total. The molecule has 1 saturated heterocycles. The summed E-state index contributed by atoms with van der Waals surface area (Å²) in [5.74, 6) is 0.488. The Kier molecular flexibility index (Phi) is 6.14. The normalized spacial score (nSPS) is 16.4. The van der Waals surface area contributed by atoms with E-state index in [9.17, 15) is 4.79 Å². The summed E-state index contributed by atoms with van der Waals surface area (Å²) in [4.78, 5) is 31.7. The van der Waals surface area contributed by atoms with Gasteiger partial charge in [-0.05, 0) is 42.0 Å². The number of nitrogens with zero attached hydrogens (tertiary/aromatic N) is 5. The number of benzene rings is 2. The maximum atomic E-state index is 12.8. The van der Waals surface area contributed by atoms with Gasteiger partial charge in [-0.1, -0.05) is 12.1 Å². The van der Waals surface area contributed by atoms with E-state index in [1.54, 1.807) is 30.9 Å². The third kappa shape index (κ3) is 5.28. The molecule has 33 heavy (non-hydrogen) atoms. The van der Waals surface area contributed by atoms with Gasteiger partial charge in [-0.15, -0.1) is 0 Å². The molecule has 1 fully saturated rings. The van der Waals surface area contributed by atoms with Crippen LogP contribution >= 0.6 is 0 Å². The van der Waals surface area contributed by atoms with Gasteiger partial charge in [0.25, 0.3) is 5.91 Å². The zero-order valence-corrected chi connectivity index (χ0v) is 17.8. The standard InChI is InChI=1S/C24H22N6O3/c31-23(29-18-5-6-20-21(14-18)26-10-9-25-20)22-16-30(11-12-32-22)15-17-3-1-4-19(13-17)33-24-27-7-2-8-28-24/h1-10,13-14,22H,11-12,15-16H2,(H,29,31). The van der Waals surface area contributed by atoms with Crippen molar-refractivity contribution in [1.29, 1.82) is 0 Å². The minimum Gasteiger partial charge on any atom is -0.424 e. The Morgan fingerprint density at radius 3 is 2.73 bits per heavy atom. The molecule has 2 aromatic carbocycles. The van der Waals surface area contributed by atoms with Gasteiger partial charge in [0.05, 0.1) is 17.6 Å². The van der Waals surface area contributed by atoms with Crippen molar-refractivity contribution in [3.8, 4) is 11.8 Å². The Balaban J connectivity index is 1.20. The van der Waals surface area contributed by atoms with E-state index in [2.05, 4.69) is 30.2 Å². The van der Waals surface area contributed by atoms with E-state index in [0.29, 0.717) is 37.1 Å². The van der Waals surface area contributed by atoms with Crippen molar-refractivity contribution in [3.63, 3.8) is 0 Å². The van der Waals surface area contributed by atoms with E-state index < -0.39 is 6.10 Å². The number of anilines is 1. The third-order valence-electron chi connectivity index (χ3n) is 5.24. The molecule has 1 amide bonds. The minimum atomic E-state index is -0.562. The SMILES string of the molecule is O=C(Nc1ccc2nccnc2c1)C1CN(Cc2cccc(Oc3ncccn3)c2)CCO1. The van der Waals surface area contributed by atoms with Crippen molar-refractivity contribution < 1.29 is 14.3 Å². The van der Waals surface area contributed by atoms with Crippen LogP contribution in [0.1, 0.15) is 5.56 Å². The quantitative estimate of drug-likeness (QED) is 0.486. The van der Waals surface area contributed by atoms with Crippen LogP contribution in [0.4, 0.5) is 5.69 Å². The Morgan fingerprint density at radius 2 is 1.85 bits per heavy atom. The number of hydrogen-bond acceptors (Lipinski definition) is 8. The number of nitrogens with one attached hydrogen (secondary N) is 1. The van der Waals surface area contributed by atoms with Crippen LogP contribution in [0.2, 0.25) is 0 Å². The van der Waals surface area contributed by atoms with Gasteiger partial charge in [0.15, 0.2) is 0 Å². The number of hydrogen-bond donors (Lipinski definition) is 1. The van der Waals surface area contributed by atoms with E-state index in [4.69, 9.17) is 9.47 Å². The molecule has 166 valence electrons. The maximum absolute atomic E-state index is 12.8. The zero-order chi connectivity index (χ0) is 22.5. The van der Waals surface area contributed by atoms with E-state index in [1.807, 2.05) is 42.5 Å². The number of morpholine rings is 1. The fourth-order valence-electron chi connectivity index (χ4n) is 3.68. The van der Waals surface area contributed by atoms with E-state index in [1.165, 1.54) is 0 Å². The van der Waals surface area contributed by atoms with Crippen LogP contribution < -0.4 is 10.1 Å². The van der Waals surface area contributed by atoms with Crippen LogP contribution in [0, 0.1) is 0 Å². The van der Waals surface area contributed by atoms with E-state index >= 15 is 0 Å². The molecule has 2 aromatic heterocycles. The second kappa shape index (κ2) is 9.68. The molecule has 9 heteroatoms. The highest BCUT2D eigenvalue weighted by Gasteiger charge is 2.27. The summed E-state index contributed by atoms with van der Waals surface area (Å²) in [6.07, 6.45) is 5.98. The summed E-state index contributed by atoms with van der Waals surface area (Å²) in [6.45, 7) is 2.38. The molecule has 4 aromatic rings. The van der Waals surface area contributed by atoms with Crippen molar-refractivity contribution in [2.75, 3.05) is 25.0 Å². The maximum Gasteiger partial charge on any atom is 0.321 e. The molecule has 0 bridgehead atoms. The first-order valence-corrected chi connectivity index (χ1v) is 10.6. The second-order valence-electron chi connectivity index (χ2n) is 7.62. The first-order chi connectivity index (χ1) is 16.2. The lowest BCUT2D eigenvalue weighted by molar-refractivity contribution is -0.133. The number of amides is 1. The topological polar surface area (TPSA) is 102 Å². The summed E-state index contributed by atoms with van der Waals surface area (Å²) in [7, 11) is 0. The predicted octanol–water partition coefficient (Wildman–Crippen LogP) is 3.05. The van der Waals surface area contributed by atoms with Crippen molar-refractivity contribution in [1.82, 2.24) is 24.8 Å². The second-order valence-corrected chi connectivity index (χ2v) is 7.62. The fraction of sp³-hybridized carbons (Fsp3) is 0.208.